The van der Waals surface area contributed by atoms with Gasteiger partial charge in [-0.3, -0.25) is 0 Å². The van der Waals surface area contributed by atoms with Crippen LogP contribution in [0.4, 0.5) is 5.82 Å². The standard InChI is InChI=1S/C10H12N4S2/c1-3-7-8(11)12-5-13-9(7)16-10-14-6(2)4-15-10/h4-5H,3H2,1-2H3,(H2,11,12,13). The predicted molar refractivity (Wildman–Crippen MR) is 66.8 cm³/mol. The van der Waals surface area contributed by atoms with Crippen LogP contribution in [0.1, 0.15) is 18.2 Å². The van der Waals surface area contributed by atoms with Crippen molar-refractivity contribution in [3.05, 3.63) is 23.0 Å². The van der Waals surface area contributed by atoms with Gasteiger partial charge in [-0.2, -0.15) is 0 Å². The van der Waals surface area contributed by atoms with Gasteiger partial charge in [0.1, 0.15) is 17.2 Å². The molecule has 0 fully saturated rings. The zero-order chi connectivity index (χ0) is 11.5. The molecule has 0 saturated heterocycles. The van der Waals surface area contributed by atoms with Crippen molar-refractivity contribution in [1.82, 2.24) is 15.0 Å². The van der Waals surface area contributed by atoms with Crippen LogP contribution >= 0.6 is 23.1 Å². The topological polar surface area (TPSA) is 64.7 Å². The highest BCUT2D eigenvalue weighted by atomic mass is 32.2. The average Bonchev–Trinajstić information content (AvgIpc) is 2.64. The molecular formula is C10H12N4S2. The molecule has 2 aromatic heterocycles. The molecule has 4 nitrogen and oxygen atoms in total. The minimum Gasteiger partial charge on any atom is -0.383 e. The molecule has 0 amide bonds. The average molecular weight is 252 g/mol. The van der Waals surface area contributed by atoms with E-state index < -0.39 is 0 Å². The molecule has 16 heavy (non-hydrogen) atoms. The molecule has 0 unspecified atom stereocenters. The Labute approximate surface area is 102 Å². The van der Waals surface area contributed by atoms with Gasteiger partial charge >= 0.3 is 0 Å². The zero-order valence-electron chi connectivity index (χ0n) is 9.10. The van der Waals surface area contributed by atoms with E-state index in [1.165, 1.54) is 6.33 Å². The molecular weight excluding hydrogens is 240 g/mol. The number of aryl methyl sites for hydroxylation is 1. The first-order valence-corrected chi connectivity index (χ1v) is 6.59. The Morgan fingerprint density at radius 2 is 2.25 bits per heavy atom. The molecule has 0 aromatic carbocycles. The Kier molecular flexibility index (Phi) is 3.40. The first-order chi connectivity index (χ1) is 7.70. The number of rotatable bonds is 3. The summed E-state index contributed by atoms with van der Waals surface area (Å²) in [5.74, 6) is 0.563. The van der Waals surface area contributed by atoms with E-state index in [4.69, 9.17) is 5.73 Å². The van der Waals surface area contributed by atoms with Crippen molar-refractivity contribution in [3.8, 4) is 0 Å². The highest BCUT2D eigenvalue weighted by Gasteiger charge is 2.10. The lowest BCUT2D eigenvalue weighted by Crippen LogP contribution is -2.00. The van der Waals surface area contributed by atoms with Gasteiger partial charge < -0.3 is 5.73 Å². The number of anilines is 1. The maximum absolute atomic E-state index is 5.81. The zero-order valence-corrected chi connectivity index (χ0v) is 10.7. The molecule has 84 valence electrons. The largest absolute Gasteiger partial charge is 0.383 e. The normalized spacial score (nSPS) is 10.6. The molecule has 0 aliphatic carbocycles. The number of hydrogen-bond donors (Lipinski definition) is 1. The van der Waals surface area contributed by atoms with E-state index in [1.807, 2.05) is 19.2 Å². The van der Waals surface area contributed by atoms with Crippen LogP contribution in [0.25, 0.3) is 0 Å². The summed E-state index contributed by atoms with van der Waals surface area (Å²) >= 11 is 3.17. The summed E-state index contributed by atoms with van der Waals surface area (Å²) < 4.78 is 0.991. The summed E-state index contributed by atoms with van der Waals surface area (Å²) in [5.41, 5.74) is 7.84. The Balaban J connectivity index is 2.30. The van der Waals surface area contributed by atoms with Crippen LogP contribution in [0.5, 0.6) is 0 Å². The monoisotopic (exact) mass is 252 g/mol. The van der Waals surface area contributed by atoms with Gasteiger partial charge in [-0.25, -0.2) is 15.0 Å². The lowest BCUT2D eigenvalue weighted by atomic mass is 10.2. The maximum atomic E-state index is 5.81. The maximum Gasteiger partial charge on any atom is 0.156 e. The minimum absolute atomic E-state index is 0.563. The van der Waals surface area contributed by atoms with Gasteiger partial charge in [-0.15, -0.1) is 11.3 Å². The number of hydrogen-bond acceptors (Lipinski definition) is 6. The van der Waals surface area contributed by atoms with Crippen molar-refractivity contribution in [1.29, 1.82) is 0 Å². The van der Waals surface area contributed by atoms with Crippen molar-refractivity contribution in [2.24, 2.45) is 0 Å². The number of nitrogens with two attached hydrogens (primary N) is 1. The Morgan fingerprint density at radius 3 is 2.88 bits per heavy atom. The smallest absolute Gasteiger partial charge is 0.156 e. The number of nitrogen functional groups attached to an aromatic ring is 1. The van der Waals surface area contributed by atoms with Gasteiger partial charge in [0.05, 0.1) is 0 Å². The van der Waals surface area contributed by atoms with E-state index in [-0.39, 0.29) is 0 Å². The lowest BCUT2D eigenvalue weighted by Gasteiger charge is -2.05. The van der Waals surface area contributed by atoms with Crippen molar-refractivity contribution < 1.29 is 0 Å². The molecule has 6 heteroatoms. The fourth-order valence-electron chi connectivity index (χ4n) is 1.29. The fourth-order valence-corrected chi connectivity index (χ4v) is 3.21. The third-order valence-electron chi connectivity index (χ3n) is 2.07. The second kappa shape index (κ2) is 4.80. The first-order valence-electron chi connectivity index (χ1n) is 4.90. The highest BCUT2D eigenvalue weighted by Crippen LogP contribution is 2.32. The van der Waals surface area contributed by atoms with E-state index >= 15 is 0 Å². The third kappa shape index (κ3) is 2.33. The van der Waals surface area contributed by atoms with Crippen molar-refractivity contribution in [2.45, 2.75) is 29.6 Å². The van der Waals surface area contributed by atoms with Crippen LogP contribution < -0.4 is 5.73 Å². The summed E-state index contributed by atoms with van der Waals surface area (Å²) in [6.07, 6.45) is 2.33. The van der Waals surface area contributed by atoms with E-state index in [0.29, 0.717) is 5.82 Å². The first kappa shape index (κ1) is 11.3. The quantitative estimate of drug-likeness (QED) is 0.850. The van der Waals surface area contributed by atoms with Crippen LogP contribution in [-0.4, -0.2) is 15.0 Å². The molecule has 0 aliphatic rings. The third-order valence-corrected chi connectivity index (χ3v) is 4.18. The van der Waals surface area contributed by atoms with Crippen LogP contribution in [0.2, 0.25) is 0 Å². The lowest BCUT2D eigenvalue weighted by molar-refractivity contribution is 0.951. The van der Waals surface area contributed by atoms with Crippen LogP contribution in [-0.2, 0) is 6.42 Å². The van der Waals surface area contributed by atoms with Gasteiger partial charge in [-0.05, 0) is 25.1 Å². The highest BCUT2D eigenvalue weighted by molar-refractivity contribution is 8.01. The van der Waals surface area contributed by atoms with E-state index in [0.717, 1.165) is 27.0 Å². The van der Waals surface area contributed by atoms with Gasteiger partial charge in [0, 0.05) is 16.6 Å². The van der Waals surface area contributed by atoms with Crippen molar-refractivity contribution in [3.63, 3.8) is 0 Å². The van der Waals surface area contributed by atoms with E-state index in [9.17, 15) is 0 Å². The Bertz CT molecular complexity index is 495. The molecule has 2 rings (SSSR count). The summed E-state index contributed by atoms with van der Waals surface area (Å²) in [4.78, 5) is 12.6. The van der Waals surface area contributed by atoms with Gasteiger partial charge in [0.15, 0.2) is 4.34 Å². The Hall–Kier alpha value is -1.14. The van der Waals surface area contributed by atoms with Gasteiger partial charge in [-0.1, -0.05) is 6.92 Å². The van der Waals surface area contributed by atoms with Crippen molar-refractivity contribution in [2.75, 3.05) is 5.73 Å². The second-order valence-corrected chi connectivity index (χ2v) is 5.35. The molecule has 0 spiro atoms. The molecule has 0 atom stereocenters. The Morgan fingerprint density at radius 1 is 1.44 bits per heavy atom. The molecule has 2 aromatic rings. The number of nitrogens with zero attached hydrogens (tertiary/aromatic N) is 3. The molecule has 0 radical (unpaired) electrons. The molecule has 0 bridgehead atoms. The number of thiazole rings is 1. The molecule has 2 heterocycles. The number of aromatic nitrogens is 3. The van der Waals surface area contributed by atoms with E-state index in [2.05, 4.69) is 15.0 Å². The van der Waals surface area contributed by atoms with Crippen LogP contribution in [0, 0.1) is 6.92 Å². The molecule has 0 saturated carbocycles. The fraction of sp³-hybridized carbons (Fsp3) is 0.300. The second-order valence-electron chi connectivity index (χ2n) is 3.25. The molecule has 2 N–H and O–H groups in total. The summed E-state index contributed by atoms with van der Waals surface area (Å²) in [6.45, 7) is 4.03. The van der Waals surface area contributed by atoms with Gasteiger partial charge in [0.2, 0.25) is 0 Å². The summed E-state index contributed by atoms with van der Waals surface area (Å²) in [5, 5.41) is 2.93. The summed E-state index contributed by atoms with van der Waals surface area (Å²) in [6, 6.07) is 0. The summed E-state index contributed by atoms with van der Waals surface area (Å²) in [7, 11) is 0. The predicted octanol–water partition coefficient (Wildman–Crippen LogP) is 2.54. The minimum atomic E-state index is 0.563. The molecule has 0 aliphatic heterocycles. The SMILES string of the molecule is CCc1c(N)ncnc1Sc1nc(C)cs1. The van der Waals surface area contributed by atoms with Crippen LogP contribution in [0.3, 0.4) is 0 Å². The van der Waals surface area contributed by atoms with Crippen molar-refractivity contribution >= 4 is 28.9 Å². The van der Waals surface area contributed by atoms with E-state index in [1.54, 1.807) is 23.1 Å². The van der Waals surface area contributed by atoms with Crippen LogP contribution in [0.15, 0.2) is 21.1 Å². The van der Waals surface area contributed by atoms with Gasteiger partial charge in [0.25, 0.3) is 0 Å².